The van der Waals surface area contributed by atoms with Gasteiger partial charge in [-0.2, -0.15) is 0 Å². The van der Waals surface area contributed by atoms with Crippen LogP contribution in [0.4, 0.5) is 0 Å². The van der Waals surface area contributed by atoms with Gasteiger partial charge in [0.15, 0.2) is 0 Å². The summed E-state index contributed by atoms with van der Waals surface area (Å²) in [5.74, 6) is 0.147. The first-order chi connectivity index (χ1) is 11.5. The lowest BCUT2D eigenvalue weighted by Gasteiger charge is -2.24. The summed E-state index contributed by atoms with van der Waals surface area (Å²) < 4.78 is 0. The first-order valence-electron chi connectivity index (χ1n) is 8.11. The number of carbonyl (C=O) groups excluding carboxylic acids is 1. The van der Waals surface area contributed by atoms with Crippen molar-refractivity contribution in [3.63, 3.8) is 0 Å². The van der Waals surface area contributed by atoms with E-state index in [1.807, 2.05) is 50.2 Å². The topological polar surface area (TPSA) is 52.2 Å². The molecule has 5 nitrogen and oxygen atoms in total. The van der Waals surface area contributed by atoms with E-state index < -0.39 is 0 Å². The van der Waals surface area contributed by atoms with Crippen LogP contribution in [0.15, 0.2) is 30.6 Å². The van der Waals surface area contributed by atoms with Gasteiger partial charge in [-0.3, -0.25) is 4.79 Å². The fourth-order valence-corrected chi connectivity index (χ4v) is 2.53. The molecule has 0 atom stereocenters. The largest absolute Gasteiger partial charge is 0.348 e. The number of benzene rings is 1. The molecule has 0 saturated heterocycles. The molecule has 0 fully saturated rings. The summed E-state index contributed by atoms with van der Waals surface area (Å²) in [6.45, 7) is 4.04. The molecule has 1 N–H and O–H groups in total. The van der Waals surface area contributed by atoms with Crippen molar-refractivity contribution in [1.82, 2.24) is 19.8 Å². The molecule has 0 radical (unpaired) electrons. The van der Waals surface area contributed by atoms with Crippen molar-refractivity contribution in [3.8, 4) is 0 Å². The lowest BCUT2D eigenvalue weighted by molar-refractivity contribution is -0.132. The van der Waals surface area contributed by atoms with Crippen LogP contribution in [-0.2, 0) is 17.8 Å². The summed E-state index contributed by atoms with van der Waals surface area (Å²) in [5.41, 5.74) is 3.06. The van der Waals surface area contributed by atoms with E-state index in [4.69, 9.17) is 11.6 Å². The van der Waals surface area contributed by atoms with Crippen molar-refractivity contribution in [3.05, 3.63) is 52.6 Å². The average Bonchev–Trinajstić information content (AvgIpc) is 2.95. The Labute approximate surface area is 148 Å². The maximum atomic E-state index is 12.7. The van der Waals surface area contributed by atoms with Gasteiger partial charge in [0.2, 0.25) is 5.91 Å². The molecule has 1 aromatic carbocycles. The van der Waals surface area contributed by atoms with Gasteiger partial charge >= 0.3 is 0 Å². The van der Waals surface area contributed by atoms with E-state index in [0.717, 1.165) is 23.5 Å². The highest BCUT2D eigenvalue weighted by molar-refractivity contribution is 6.30. The highest BCUT2D eigenvalue weighted by Gasteiger charge is 2.16. The number of hydrogen-bond donors (Lipinski definition) is 1. The lowest BCUT2D eigenvalue weighted by Crippen LogP contribution is -2.36. The van der Waals surface area contributed by atoms with E-state index >= 15 is 0 Å². The summed E-state index contributed by atoms with van der Waals surface area (Å²) in [6.07, 6.45) is 2.87. The standard InChI is InChI=1S/C18H25ClN4O/c1-14-17(21-13-20-14)12-23(11-10-22(2)3)18(24)9-6-15-4-7-16(19)8-5-15/h4-5,7-8,13H,6,9-12H2,1-3H3,(H,20,21). The van der Waals surface area contributed by atoms with Gasteiger partial charge in [-0.1, -0.05) is 23.7 Å². The molecule has 1 heterocycles. The van der Waals surface area contributed by atoms with Crippen molar-refractivity contribution < 1.29 is 4.79 Å². The Morgan fingerprint density at radius 2 is 1.92 bits per heavy atom. The number of halogens is 1. The Morgan fingerprint density at radius 1 is 1.21 bits per heavy atom. The molecule has 0 saturated carbocycles. The van der Waals surface area contributed by atoms with Crippen LogP contribution >= 0.6 is 11.6 Å². The van der Waals surface area contributed by atoms with Crippen LogP contribution in [0.25, 0.3) is 0 Å². The third kappa shape index (κ3) is 5.65. The Kier molecular flexibility index (Phi) is 6.82. The van der Waals surface area contributed by atoms with Crippen LogP contribution in [0, 0.1) is 6.92 Å². The van der Waals surface area contributed by atoms with Crippen LogP contribution in [0.2, 0.25) is 5.02 Å². The highest BCUT2D eigenvalue weighted by Crippen LogP contribution is 2.13. The van der Waals surface area contributed by atoms with Gasteiger partial charge in [-0.25, -0.2) is 4.98 Å². The number of aromatic amines is 1. The number of nitrogens with zero attached hydrogens (tertiary/aromatic N) is 3. The van der Waals surface area contributed by atoms with Crippen LogP contribution in [0.1, 0.15) is 23.4 Å². The molecular formula is C18H25ClN4O. The number of amides is 1. The lowest BCUT2D eigenvalue weighted by atomic mass is 10.1. The monoisotopic (exact) mass is 348 g/mol. The number of nitrogens with one attached hydrogen (secondary N) is 1. The summed E-state index contributed by atoms with van der Waals surface area (Å²) in [6, 6.07) is 7.66. The molecule has 24 heavy (non-hydrogen) atoms. The van der Waals surface area contributed by atoms with Gasteiger partial charge in [-0.15, -0.1) is 0 Å². The summed E-state index contributed by atoms with van der Waals surface area (Å²) in [4.78, 5) is 24.0. The van der Waals surface area contributed by atoms with Gasteiger partial charge in [0.25, 0.3) is 0 Å². The zero-order valence-electron chi connectivity index (χ0n) is 14.6. The van der Waals surface area contributed by atoms with Gasteiger partial charge in [0, 0.05) is 30.2 Å². The predicted octanol–water partition coefficient (Wildman–Crippen LogP) is 2.89. The SMILES string of the molecule is Cc1[nH]cnc1CN(CCN(C)C)C(=O)CCc1ccc(Cl)cc1. The molecule has 130 valence electrons. The molecule has 2 rings (SSSR count). The van der Waals surface area contributed by atoms with Crippen molar-refractivity contribution in [1.29, 1.82) is 0 Å². The highest BCUT2D eigenvalue weighted by atomic mass is 35.5. The number of H-pyrrole nitrogens is 1. The third-order valence-electron chi connectivity index (χ3n) is 3.99. The van der Waals surface area contributed by atoms with E-state index in [1.165, 1.54) is 0 Å². The van der Waals surface area contributed by atoms with Crippen molar-refractivity contribution in [2.75, 3.05) is 27.2 Å². The fourth-order valence-electron chi connectivity index (χ4n) is 2.40. The fraction of sp³-hybridized carbons (Fsp3) is 0.444. The molecule has 0 aliphatic heterocycles. The van der Waals surface area contributed by atoms with E-state index in [2.05, 4.69) is 14.9 Å². The summed E-state index contributed by atoms with van der Waals surface area (Å²) >= 11 is 5.90. The number of imidazole rings is 1. The number of aromatic nitrogens is 2. The first-order valence-corrected chi connectivity index (χ1v) is 8.49. The van der Waals surface area contributed by atoms with Crippen molar-refractivity contribution >= 4 is 17.5 Å². The number of likely N-dealkylation sites (N-methyl/N-ethyl adjacent to an activating group) is 1. The Balaban J connectivity index is 1.97. The Morgan fingerprint density at radius 3 is 2.50 bits per heavy atom. The second kappa shape index (κ2) is 8.85. The molecule has 0 unspecified atom stereocenters. The third-order valence-corrected chi connectivity index (χ3v) is 4.24. The zero-order chi connectivity index (χ0) is 17.5. The zero-order valence-corrected chi connectivity index (χ0v) is 15.3. The van der Waals surface area contributed by atoms with Gasteiger partial charge in [-0.05, 0) is 45.1 Å². The van der Waals surface area contributed by atoms with Crippen LogP contribution in [-0.4, -0.2) is 52.9 Å². The van der Waals surface area contributed by atoms with E-state index in [1.54, 1.807) is 6.33 Å². The average molecular weight is 349 g/mol. The minimum absolute atomic E-state index is 0.147. The van der Waals surface area contributed by atoms with E-state index in [-0.39, 0.29) is 5.91 Å². The van der Waals surface area contributed by atoms with Crippen LogP contribution < -0.4 is 0 Å². The smallest absolute Gasteiger partial charge is 0.223 e. The Hall–Kier alpha value is -1.85. The van der Waals surface area contributed by atoms with E-state index in [0.29, 0.717) is 31.0 Å². The molecular weight excluding hydrogens is 324 g/mol. The minimum Gasteiger partial charge on any atom is -0.348 e. The molecule has 0 bridgehead atoms. The van der Waals surface area contributed by atoms with Crippen LogP contribution in [0.5, 0.6) is 0 Å². The maximum Gasteiger partial charge on any atom is 0.223 e. The van der Waals surface area contributed by atoms with Gasteiger partial charge in [0.1, 0.15) is 0 Å². The first kappa shape index (κ1) is 18.5. The number of carbonyl (C=O) groups is 1. The second-order valence-electron chi connectivity index (χ2n) is 6.22. The van der Waals surface area contributed by atoms with Gasteiger partial charge < -0.3 is 14.8 Å². The van der Waals surface area contributed by atoms with Crippen molar-refractivity contribution in [2.24, 2.45) is 0 Å². The summed E-state index contributed by atoms with van der Waals surface area (Å²) in [7, 11) is 4.02. The molecule has 0 aliphatic carbocycles. The Bertz CT molecular complexity index is 651. The predicted molar refractivity (Wildman–Crippen MR) is 97.1 cm³/mol. The van der Waals surface area contributed by atoms with E-state index in [9.17, 15) is 4.79 Å². The normalized spacial score (nSPS) is 11.0. The van der Waals surface area contributed by atoms with Gasteiger partial charge in [0.05, 0.1) is 18.6 Å². The number of rotatable bonds is 8. The molecule has 6 heteroatoms. The molecule has 1 aromatic heterocycles. The summed E-state index contributed by atoms with van der Waals surface area (Å²) in [5, 5.41) is 0.715. The maximum absolute atomic E-state index is 12.7. The molecule has 1 amide bonds. The number of aryl methyl sites for hydroxylation is 2. The molecule has 2 aromatic rings. The quantitative estimate of drug-likeness (QED) is 0.798. The molecule has 0 spiro atoms. The minimum atomic E-state index is 0.147. The number of hydrogen-bond acceptors (Lipinski definition) is 3. The van der Waals surface area contributed by atoms with Crippen LogP contribution in [0.3, 0.4) is 0 Å². The van der Waals surface area contributed by atoms with Crippen molar-refractivity contribution in [2.45, 2.75) is 26.3 Å². The second-order valence-corrected chi connectivity index (χ2v) is 6.66. The molecule has 0 aliphatic rings.